The van der Waals surface area contributed by atoms with Crippen LogP contribution in [0.3, 0.4) is 0 Å². The van der Waals surface area contributed by atoms with E-state index in [9.17, 15) is 9.59 Å². The molecule has 0 unspecified atom stereocenters. The van der Waals surface area contributed by atoms with E-state index in [1.54, 1.807) is 11.9 Å². The quantitative estimate of drug-likeness (QED) is 0.707. The largest absolute Gasteiger partial charge is 0.368 e. The van der Waals surface area contributed by atoms with Crippen LogP contribution in [0.4, 0.5) is 0 Å². The molecule has 0 aromatic carbocycles. The second-order valence-corrected chi connectivity index (χ2v) is 4.75. The lowest BCUT2D eigenvalue weighted by Gasteiger charge is -2.23. The first-order chi connectivity index (χ1) is 8.18. The summed E-state index contributed by atoms with van der Waals surface area (Å²) >= 11 is 0. The molecule has 0 spiro atoms. The lowest BCUT2D eigenvalue weighted by atomic mass is 10.2. The van der Waals surface area contributed by atoms with E-state index < -0.39 is 0 Å². The van der Waals surface area contributed by atoms with Gasteiger partial charge >= 0.3 is 0 Å². The maximum Gasteiger partial charge on any atom is 0.251 e. The molecule has 0 bridgehead atoms. The first-order valence-electron chi connectivity index (χ1n) is 6.33. The highest BCUT2D eigenvalue weighted by Gasteiger charge is 2.27. The van der Waals surface area contributed by atoms with Crippen molar-refractivity contribution in [3.05, 3.63) is 0 Å². The van der Waals surface area contributed by atoms with Gasteiger partial charge in [-0.2, -0.15) is 0 Å². The third-order valence-corrected chi connectivity index (χ3v) is 3.46. The number of likely N-dealkylation sites (N-methyl/N-ethyl adjacent to an activating group) is 1. The number of likely N-dealkylation sites (tertiary alicyclic amines) is 1. The first kappa shape index (κ1) is 12.4. The van der Waals surface area contributed by atoms with Gasteiger partial charge < -0.3 is 14.5 Å². The Morgan fingerprint density at radius 3 is 2.94 bits per heavy atom. The van der Waals surface area contributed by atoms with Crippen LogP contribution in [-0.2, 0) is 14.3 Å². The summed E-state index contributed by atoms with van der Waals surface area (Å²) in [5, 5.41) is 0. The van der Waals surface area contributed by atoms with Crippen LogP contribution in [0.25, 0.3) is 0 Å². The summed E-state index contributed by atoms with van der Waals surface area (Å²) in [6.45, 7) is 2.77. The molecule has 0 radical (unpaired) electrons. The van der Waals surface area contributed by atoms with Crippen molar-refractivity contribution in [3.8, 4) is 0 Å². The lowest BCUT2D eigenvalue weighted by molar-refractivity contribution is -0.140. The van der Waals surface area contributed by atoms with Crippen LogP contribution >= 0.6 is 0 Å². The molecule has 17 heavy (non-hydrogen) atoms. The van der Waals surface area contributed by atoms with Gasteiger partial charge in [-0.15, -0.1) is 0 Å². The average molecular weight is 240 g/mol. The average Bonchev–Trinajstić information content (AvgIpc) is 2.96. The minimum atomic E-state index is -0.255. The van der Waals surface area contributed by atoms with Gasteiger partial charge in [0.15, 0.2) is 0 Å². The van der Waals surface area contributed by atoms with Crippen LogP contribution in [0.1, 0.15) is 25.7 Å². The first-order valence-corrected chi connectivity index (χ1v) is 6.33. The predicted octanol–water partition coefficient (Wildman–Crippen LogP) is 0.246. The molecular formula is C12H20N2O3. The van der Waals surface area contributed by atoms with Gasteiger partial charge in [0, 0.05) is 39.7 Å². The van der Waals surface area contributed by atoms with Crippen molar-refractivity contribution in [3.63, 3.8) is 0 Å². The zero-order chi connectivity index (χ0) is 12.3. The van der Waals surface area contributed by atoms with Gasteiger partial charge in [0.2, 0.25) is 5.91 Å². The Labute approximate surface area is 102 Å². The van der Waals surface area contributed by atoms with E-state index in [4.69, 9.17) is 4.74 Å². The third kappa shape index (κ3) is 2.97. The molecule has 0 saturated carbocycles. The van der Waals surface area contributed by atoms with Crippen molar-refractivity contribution in [2.24, 2.45) is 0 Å². The number of hydrogen-bond donors (Lipinski definition) is 0. The molecule has 2 amide bonds. The zero-order valence-electron chi connectivity index (χ0n) is 10.4. The lowest BCUT2D eigenvalue weighted by Crippen LogP contribution is -2.41. The maximum atomic E-state index is 11.9. The molecule has 5 heteroatoms. The summed E-state index contributed by atoms with van der Waals surface area (Å²) in [7, 11) is 1.78. The Morgan fingerprint density at radius 1 is 1.53 bits per heavy atom. The molecular weight excluding hydrogens is 220 g/mol. The van der Waals surface area contributed by atoms with Gasteiger partial charge in [0.1, 0.15) is 6.10 Å². The molecule has 0 aliphatic carbocycles. The number of nitrogens with zero attached hydrogens (tertiary/aromatic N) is 2. The van der Waals surface area contributed by atoms with E-state index in [-0.39, 0.29) is 17.9 Å². The molecule has 2 aliphatic heterocycles. The SMILES string of the molecule is CN(CCN1CCCC1=O)C(=O)[C@@H]1CCCO1. The fourth-order valence-corrected chi connectivity index (χ4v) is 2.34. The zero-order valence-corrected chi connectivity index (χ0v) is 10.4. The number of rotatable bonds is 4. The molecule has 0 N–H and O–H groups in total. The Hall–Kier alpha value is -1.10. The van der Waals surface area contributed by atoms with Crippen molar-refractivity contribution in [2.45, 2.75) is 31.8 Å². The molecule has 0 aromatic rings. The van der Waals surface area contributed by atoms with Crippen molar-refractivity contribution in [1.29, 1.82) is 0 Å². The predicted molar refractivity (Wildman–Crippen MR) is 62.4 cm³/mol. The number of ether oxygens (including phenoxy) is 1. The van der Waals surface area contributed by atoms with E-state index in [0.717, 1.165) is 25.8 Å². The highest BCUT2D eigenvalue weighted by atomic mass is 16.5. The van der Waals surface area contributed by atoms with Crippen LogP contribution in [0.5, 0.6) is 0 Å². The maximum absolute atomic E-state index is 11.9. The second-order valence-electron chi connectivity index (χ2n) is 4.75. The van der Waals surface area contributed by atoms with E-state index in [1.165, 1.54) is 0 Å². The molecule has 2 aliphatic rings. The van der Waals surface area contributed by atoms with Crippen molar-refractivity contribution >= 4 is 11.8 Å². The van der Waals surface area contributed by atoms with Crippen molar-refractivity contribution < 1.29 is 14.3 Å². The fourth-order valence-electron chi connectivity index (χ4n) is 2.34. The summed E-state index contributed by atoms with van der Waals surface area (Å²) in [5.74, 6) is 0.261. The Morgan fingerprint density at radius 2 is 2.35 bits per heavy atom. The minimum Gasteiger partial charge on any atom is -0.368 e. The monoisotopic (exact) mass is 240 g/mol. The fraction of sp³-hybridized carbons (Fsp3) is 0.833. The van der Waals surface area contributed by atoms with Crippen LogP contribution in [0.2, 0.25) is 0 Å². The van der Waals surface area contributed by atoms with Crippen LogP contribution in [0, 0.1) is 0 Å². The highest BCUT2D eigenvalue weighted by molar-refractivity contribution is 5.81. The summed E-state index contributed by atoms with van der Waals surface area (Å²) in [6.07, 6.45) is 3.14. The molecule has 96 valence electrons. The van der Waals surface area contributed by atoms with Gasteiger partial charge in [-0.3, -0.25) is 9.59 Å². The van der Waals surface area contributed by atoms with E-state index in [0.29, 0.717) is 26.1 Å². The van der Waals surface area contributed by atoms with Crippen molar-refractivity contribution in [2.75, 3.05) is 33.3 Å². The van der Waals surface area contributed by atoms with Crippen molar-refractivity contribution in [1.82, 2.24) is 9.80 Å². The second kappa shape index (κ2) is 5.49. The Balaban J connectivity index is 1.74. The molecule has 2 fully saturated rings. The normalized spacial score (nSPS) is 24.4. The van der Waals surface area contributed by atoms with Crippen LogP contribution < -0.4 is 0 Å². The summed E-state index contributed by atoms with van der Waals surface area (Å²) in [4.78, 5) is 26.9. The molecule has 2 saturated heterocycles. The van der Waals surface area contributed by atoms with Gasteiger partial charge in [-0.05, 0) is 19.3 Å². The Kier molecular flexibility index (Phi) is 3.99. The molecule has 2 rings (SSSR count). The summed E-state index contributed by atoms with van der Waals surface area (Å²) < 4.78 is 5.36. The summed E-state index contributed by atoms with van der Waals surface area (Å²) in [5.41, 5.74) is 0. The summed E-state index contributed by atoms with van der Waals surface area (Å²) in [6, 6.07) is 0. The molecule has 1 atom stereocenters. The number of amides is 2. The van der Waals surface area contributed by atoms with E-state index in [2.05, 4.69) is 0 Å². The van der Waals surface area contributed by atoms with Crippen LogP contribution in [-0.4, -0.2) is 61.0 Å². The van der Waals surface area contributed by atoms with Crippen LogP contribution in [0.15, 0.2) is 0 Å². The standard InChI is InChI=1S/C12H20N2O3/c1-13(12(16)10-4-3-9-17-10)7-8-14-6-2-5-11(14)15/h10H,2-9H2,1H3/t10-/m0/s1. The number of carbonyl (C=O) groups is 2. The highest BCUT2D eigenvalue weighted by Crippen LogP contribution is 2.14. The van der Waals surface area contributed by atoms with Gasteiger partial charge in [0.25, 0.3) is 5.91 Å². The molecule has 2 heterocycles. The molecule has 0 aromatic heterocycles. The number of carbonyl (C=O) groups excluding carboxylic acids is 2. The molecule has 5 nitrogen and oxygen atoms in total. The van der Waals surface area contributed by atoms with E-state index in [1.807, 2.05) is 4.90 Å². The minimum absolute atomic E-state index is 0.0501. The van der Waals surface area contributed by atoms with Gasteiger partial charge in [-0.25, -0.2) is 0 Å². The number of hydrogen-bond acceptors (Lipinski definition) is 3. The topological polar surface area (TPSA) is 49.9 Å². The smallest absolute Gasteiger partial charge is 0.251 e. The third-order valence-electron chi connectivity index (χ3n) is 3.46. The van der Waals surface area contributed by atoms with E-state index >= 15 is 0 Å². The van der Waals surface area contributed by atoms with Gasteiger partial charge in [0.05, 0.1) is 0 Å². The Bertz CT molecular complexity index is 300. The van der Waals surface area contributed by atoms with Gasteiger partial charge in [-0.1, -0.05) is 0 Å².